The van der Waals surface area contributed by atoms with Crippen molar-refractivity contribution in [2.75, 3.05) is 12.4 Å². The molecular weight excluding hydrogens is 288 g/mol. The fraction of sp³-hybridized carbons (Fsp3) is 0.200. The maximum Gasteiger partial charge on any atom is 0.242 e. The topological polar surface area (TPSA) is 78.4 Å². The maximum absolute atomic E-state index is 12.0. The van der Waals surface area contributed by atoms with Crippen molar-refractivity contribution in [1.29, 1.82) is 0 Å². The number of para-hydroxylation sites is 1. The van der Waals surface area contributed by atoms with Crippen LogP contribution in [0.5, 0.6) is 5.75 Å². The van der Waals surface area contributed by atoms with Gasteiger partial charge >= 0.3 is 0 Å². The zero-order chi connectivity index (χ0) is 15.5. The minimum absolute atomic E-state index is 0.0983. The first-order valence-corrected chi connectivity index (χ1v) is 8.00. The highest BCUT2D eigenvalue weighted by molar-refractivity contribution is 7.89. The molecule has 0 radical (unpaired) electrons. The molecule has 6 heteroatoms. The van der Waals surface area contributed by atoms with Gasteiger partial charge in [-0.3, -0.25) is 0 Å². The number of benzene rings is 2. The van der Waals surface area contributed by atoms with Crippen molar-refractivity contribution in [2.45, 2.75) is 17.9 Å². The molecule has 1 atom stereocenters. The minimum Gasteiger partial charge on any atom is -0.508 e. The second-order valence-electron chi connectivity index (χ2n) is 4.66. The second kappa shape index (κ2) is 6.15. The van der Waals surface area contributed by atoms with Crippen molar-refractivity contribution in [3.05, 3.63) is 54.1 Å². The van der Waals surface area contributed by atoms with Gasteiger partial charge in [0.15, 0.2) is 0 Å². The summed E-state index contributed by atoms with van der Waals surface area (Å²) >= 11 is 0. The first-order valence-electron chi connectivity index (χ1n) is 6.52. The van der Waals surface area contributed by atoms with Crippen LogP contribution in [0.2, 0.25) is 0 Å². The van der Waals surface area contributed by atoms with Crippen LogP contribution in [-0.2, 0) is 10.0 Å². The molecule has 21 heavy (non-hydrogen) atoms. The van der Waals surface area contributed by atoms with Gasteiger partial charge in [0, 0.05) is 6.04 Å². The van der Waals surface area contributed by atoms with Gasteiger partial charge in [0.25, 0.3) is 0 Å². The van der Waals surface area contributed by atoms with Crippen molar-refractivity contribution in [3.63, 3.8) is 0 Å². The molecule has 0 aliphatic carbocycles. The maximum atomic E-state index is 12.0. The summed E-state index contributed by atoms with van der Waals surface area (Å²) in [6, 6.07) is 13.4. The number of rotatable bonds is 5. The van der Waals surface area contributed by atoms with Crippen LogP contribution in [0.25, 0.3) is 0 Å². The van der Waals surface area contributed by atoms with Crippen LogP contribution in [0.15, 0.2) is 53.4 Å². The Hall–Kier alpha value is -2.05. The zero-order valence-electron chi connectivity index (χ0n) is 11.9. The lowest BCUT2D eigenvalue weighted by Crippen LogP contribution is -2.20. The van der Waals surface area contributed by atoms with Gasteiger partial charge in [0.2, 0.25) is 10.0 Å². The van der Waals surface area contributed by atoms with E-state index in [9.17, 15) is 13.5 Å². The number of nitrogens with one attached hydrogen (secondary N) is 2. The molecule has 0 heterocycles. The number of aromatic hydroxyl groups is 1. The van der Waals surface area contributed by atoms with Gasteiger partial charge in [-0.1, -0.05) is 24.3 Å². The summed E-state index contributed by atoms with van der Waals surface area (Å²) in [5.74, 6) is 0.198. The largest absolute Gasteiger partial charge is 0.508 e. The molecule has 2 rings (SSSR count). The lowest BCUT2D eigenvalue weighted by molar-refractivity contribution is 0.475. The SMILES string of the molecule is CNS(=O)(=O)c1ccccc1NC(C)c1ccc(O)cc1. The molecule has 0 spiro atoms. The van der Waals surface area contributed by atoms with Gasteiger partial charge in [-0.05, 0) is 43.8 Å². The molecule has 0 amide bonds. The molecule has 0 saturated heterocycles. The van der Waals surface area contributed by atoms with Crippen LogP contribution in [0.4, 0.5) is 5.69 Å². The van der Waals surface area contributed by atoms with Gasteiger partial charge in [-0.25, -0.2) is 13.1 Å². The fourth-order valence-corrected chi connectivity index (χ4v) is 2.90. The van der Waals surface area contributed by atoms with E-state index in [0.29, 0.717) is 5.69 Å². The quantitative estimate of drug-likeness (QED) is 0.793. The standard InChI is InChI=1S/C15H18N2O3S/c1-11(12-7-9-13(18)10-8-12)17-14-5-3-4-6-15(14)21(19,20)16-2/h3-11,16-18H,1-2H3. The lowest BCUT2D eigenvalue weighted by Gasteiger charge is -2.18. The predicted molar refractivity (Wildman–Crippen MR) is 82.8 cm³/mol. The molecule has 3 N–H and O–H groups in total. The zero-order valence-corrected chi connectivity index (χ0v) is 12.7. The number of phenolic OH excluding ortho intramolecular Hbond substituents is 1. The van der Waals surface area contributed by atoms with E-state index in [0.717, 1.165) is 5.56 Å². The van der Waals surface area contributed by atoms with Crippen LogP contribution in [-0.4, -0.2) is 20.6 Å². The average Bonchev–Trinajstić information content (AvgIpc) is 2.48. The molecule has 0 aliphatic rings. The predicted octanol–water partition coefficient (Wildman–Crippen LogP) is 2.47. The Bertz CT molecular complexity index is 712. The second-order valence-corrected chi connectivity index (χ2v) is 6.52. The van der Waals surface area contributed by atoms with Crippen LogP contribution in [0.1, 0.15) is 18.5 Å². The van der Waals surface area contributed by atoms with Gasteiger partial charge in [0.05, 0.1) is 5.69 Å². The van der Waals surface area contributed by atoms with Crippen molar-refractivity contribution in [2.24, 2.45) is 0 Å². The molecule has 0 saturated carbocycles. The van der Waals surface area contributed by atoms with Gasteiger partial charge < -0.3 is 10.4 Å². The first-order chi connectivity index (χ1) is 9.94. The molecule has 0 fully saturated rings. The minimum atomic E-state index is -3.52. The van der Waals surface area contributed by atoms with Gasteiger partial charge in [-0.2, -0.15) is 0 Å². The van der Waals surface area contributed by atoms with E-state index >= 15 is 0 Å². The molecule has 112 valence electrons. The highest BCUT2D eigenvalue weighted by Crippen LogP contribution is 2.26. The summed E-state index contributed by atoms with van der Waals surface area (Å²) in [7, 11) is -2.13. The summed E-state index contributed by atoms with van der Waals surface area (Å²) in [6.07, 6.45) is 0. The van der Waals surface area contributed by atoms with Crippen molar-refractivity contribution >= 4 is 15.7 Å². The van der Waals surface area contributed by atoms with E-state index in [1.165, 1.54) is 7.05 Å². The summed E-state index contributed by atoms with van der Waals surface area (Å²) in [5.41, 5.74) is 1.48. The van der Waals surface area contributed by atoms with Gasteiger partial charge in [-0.15, -0.1) is 0 Å². The smallest absolute Gasteiger partial charge is 0.242 e. The third kappa shape index (κ3) is 3.53. The van der Waals surface area contributed by atoms with E-state index in [1.54, 1.807) is 48.5 Å². The van der Waals surface area contributed by atoms with Crippen molar-refractivity contribution in [1.82, 2.24) is 4.72 Å². The first kappa shape index (κ1) is 15.3. The summed E-state index contributed by atoms with van der Waals surface area (Å²) in [4.78, 5) is 0.207. The third-order valence-corrected chi connectivity index (χ3v) is 4.68. The van der Waals surface area contributed by atoms with Crippen molar-refractivity contribution in [3.8, 4) is 5.75 Å². The molecule has 2 aromatic rings. The van der Waals surface area contributed by atoms with Gasteiger partial charge in [0.1, 0.15) is 10.6 Å². The van der Waals surface area contributed by atoms with Crippen LogP contribution >= 0.6 is 0 Å². The van der Waals surface area contributed by atoms with E-state index in [1.807, 2.05) is 6.92 Å². The number of phenols is 1. The summed E-state index contributed by atoms with van der Waals surface area (Å²) < 4.78 is 26.3. The molecule has 5 nitrogen and oxygen atoms in total. The van der Waals surface area contributed by atoms with E-state index in [4.69, 9.17) is 0 Å². The average molecular weight is 306 g/mol. The molecule has 2 aromatic carbocycles. The number of hydrogen-bond donors (Lipinski definition) is 3. The highest BCUT2D eigenvalue weighted by atomic mass is 32.2. The molecule has 1 unspecified atom stereocenters. The lowest BCUT2D eigenvalue weighted by atomic mass is 10.1. The summed E-state index contributed by atoms with van der Waals surface area (Å²) in [5, 5.41) is 12.5. The Kier molecular flexibility index (Phi) is 4.50. The normalized spacial score (nSPS) is 12.9. The van der Waals surface area contributed by atoms with Crippen LogP contribution < -0.4 is 10.0 Å². The highest BCUT2D eigenvalue weighted by Gasteiger charge is 2.17. The monoisotopic (exact) mass is 306 g/mol. The number of sulfonamides is 1. The number of hydrogen-bond acceptors (Lipinski definition) is 4. The van der Waals surface area contributed by atoms with Crippen molar-refractivity contribution < 1.29 is 13.5 Å². The Morgan fingerprint density at radius 1 is 1.05 bits per heavy atom. The Balaban J connectivity index is 2.30. The van der Waals surface area contributed by atoms with E-state index in [-0.39, 0.29) is 16.7 Å². The molecular formula is C15H18N2O3S. The third-order valence-electron chi connectivity index (χ3n) is 3.21. The molecule has 0 bridgehead atoms. The molecule has 0 aliphatic heterocycles. The van der Waals surface area contributed by atoms with Crippen LogP contribution in [0, 0.1) is 0 Å². The fourth-order valence-electron chi connectivity index (χ4n) is 2.01. The Morgan fingerprint density at radius 2 is 1.67 bits per heavy atom. The summed E-state index contributed by atoms with van der Waals surface area (Å²) in [6.45, 7) is 1.93. The molecule has 0 aromatic heterocycles. The van der Waals surface area contributed by atoms with E-state index < -0.39 is 10.0 Å². The Morgan fingerprint density at radius 3 is 2.29 bits per heavy atom. The van der Waals surface area contributed by atoms with E-state index in [2.05, 4.69) is 10.0 Å². The number of anilines is 1. The Labute approximate surface area is 124 Å². The van der Waals surface area contributed by atoms with Crippen LogP contribution in [0.3, 0.4) is 0 Å².